The molecule has 1 aromatic rings. The number of hydrogen-bond donors (Lipinski definition) is 0. The molecule has 0 aromatic carbocycles. The van der Waals surface area contributed by atoms with Crippen molar-refractivity contribution in [2.75, 3.05) is 0 Å². The van der Waals surface area contributed by atoms with Crippen LogP contribution in [0.2, 0.25) is 5.28 Å². The standard InChI is InChI=1S/C8H6BrClN2/c1-3-6-4-11-8(10)12-7(6)5(2)9/h3-4H,1-2H2. The summed E-state index contributed by atoms with van der Waals surface area (Å²) in [4.78, 5) is 7.79. The SMILES string of the molecule is C=Cc1cnc(Cl)nc1C(=C)Br. The molecule has 2 nitrogen and oxygen atoms in total. The Balaban J connectivity index is 3.30. The molecule has 0 aliphatic heterocycles. The van der Waals surface area contributed by atoms with E-state index in [1.807, 2.05) is 0 Å². The third kappa shape index (κ3) is 1.93. The van der Waals surface area contributed by atoms with Gasteiger partial charge in [0.05, 0.1) is 5.69 Å². The summed E-state index contributed by atoms with van der Waals surface area (Å²) in [6.07, 6.45) is 3.25. The van der Waals surface area contributed by atoms with Crippen LogP contribution in [0.1, 0.15) is 11.3 Å². The Labute approximate surface area is 84.1 Å². The lowest BCUT2D eigenvalue weighted by Gasteiger charge is -2.01. The van der Waals surface area contributed by atoms with Crippen molar-refractivity contribution in [1.82, 2.24) is 9.97 Å². The first-order valence-corrected chi connectivity index (χ1v) is 4.32. The van der Waals surface area contributed by atoms with Crippen molar-refractivity contribution < 1.29 is 0 Å². The fraction of sp³-hybridized carbons (Fsp3) is 0. The highest BCUT2D eigenvalue weighted by Crippen LogP contribution is 2.21. The summed E-state index contributed by atoms with van der Waals surface area (Å²) >= 11 is 8.82. The highest BCUT2D eigenvalue weighted by Gasteiger charge is 2.04. The molecular formula is C8H6BrClN2. The van der Waals surface area contributed by atoms with Gasteiger partial charge in [0.15, 0.2) is 0 Å². The van der Waals surface area contributed by atoms with Gasteiger partial charge in [-0.25, -0.2) is 9.97 Å². The van der Waals surface area contributed by atoms with Crippen molar-refractivity contribution in [3.8, 4) is 0 Å². The van der Waals surface area contributed by atoms with Crippen molar-refractivity contribution in [3.05, 3.63) is 35.9 Å². The van der Waals surface area contributed by atoms with Crippen LogP contribution in [0.5, 0.6) is 0 Å². The molecule has 0 amide bonds. The van der Waals surface area contributed by atoms with E-state index in [2.05, 4.69) is 39.1 Å². The lowest BCUT2D eigenvalue weighted by atomic mass is 10.2. The van der Waals surface area contributed by atoms with Gasteiger partial charge < -0.3 is 0 Å². The average molecular weight is 246 g/mol. The predicted octanol–water partition coefficient (Wildman–Crippen LogP) is 3.14. The summed E-state index contributed by atoms with van der Waals surface area (Å²) in [6.45, 7) is 7.31. The van der Waals surface area contributed by atoms with Crippen LogP contribution >= 0.6 is 27.5 Å². The molecule has 0 unspecified atom stereocenters. The Morgan fingerprint density at radius 3 is 2.83 bits per heavy atom. The van der Waals surface area contributed by atoms with Crippen LogP contribution < -0.4 is 0 Å². The second-order valence-electron chi connectivity index (χ2n) is 2.05. The van der Waals surface area contributed by atoms with Crippen LogP contribution in [0, 0.1) is 0 Å². The van der Waals surface area contributed by atoms with Crippen molar-refractivity contribution in [1.29, 1.82) is 0 Å². The van der Waals surface area contributed by atoms with E-state index >= 15 is 0 Å². The predicted molar refractivity (Wildman–Crippen MR) is 55.1 cm³/mol. The van der Waals surface area contributed by atoms with E-state index in [1.54, 1.807) is 12.3 Å². The lowest BCUT2D eigenvalue weighted by Crippen LogP contribution is -1.91. The molecule has 1 heterocycles. The van der Waals surface area contributed by atoms with Gasteiger partial charge in [0.1, 0.15) is 0 Å². The first-order chi connectivity index (χ1) is 5.65. The summed E-state index contributed by atoms with van der Waals surface area (Å²) in [6, 6.07) is 0. The molecular weight excluding hydrogens is 239 g/mol. The molecule has 0 saturated carbocycles. The van der Waals surface area contributed by atoms with Crippen LogP contribution in [-0.2, 0) is 0 Å². The summed E-state index contributed by atoms with van der Waals surface area (Å²) in [5.41, 5.74) is 1.48. The molecule has 1 rings (SSSR count). The maximum absolute atomic E-state index is 5.60. The van der Waals surface area contributed by atoms with E-state index in [1.165, 1.54) is 0 Å². The summed E-state index contributed by atoms with van der Waals surface area (Å²) in [5, 5.41) is 0.205. The molecule has 0 saturated heterocycles. The van der Waals surface area contributed by atoms with Crippen molar-refractivity contribution in [2.45, 2.75) is 0 Å². The molecule has 0 atom stereocenters. The maximum Gasteiger partial charge on any atom is 0.222 e. The summed E-state index contributed by atoms with van der Waals surface area (Å²) in [5.74, 6) is 0. The Morgan fingerprint density at radius 1 is 1.67 bits per heavy atom. The van der Waals surface area contributed by atoms with Crippen LogP contribution in [-0.4, -0.2) is 9.97 Å². The fourth-order valence-corrected chi connectivity index (χ4v) is 1.19. The molecule has 0 spiro atoms. The van der Waals surface area contributed by atoms with E-state index in [-0.39, 0.29) is 5.28 Å². The quantitative estimate of drug-likeness (QED) is 0.748. The lowest BCUT2D eigenvalue weighted by molar-refractivity contribution is 1.14. The van der Waals surface area contributed by atoms with Gasteiger partial charge in [0.2, 0.25) is 5.28 Å². The Morgan fingerprint density at radius 2 is 2.33 bits per heavy atom. The third-order valence-corrected chi connectivity index (χ3v) is 1.82. The van der Waals surface area contributed by atoms with Gasteiger partial charge in [-0.2, -0.15) is 0 Å². The largest absolute Gasteiger partial charge is 0.226 e. The van der Waals surface area contributed by atoms with Gasteiger partial charge in [-0.15, -0.1) is 0 Å². The van der Waals surface area contributed by atoms with Crippen LogP contribution in [0.3, 0.4) is 0 Å². The second kappa shape index (κ2) is 3.83. The smallest absolute Gasteiger partial charge is 0.222 e. The van der Waals surface area contributed by atoms with Gasteiger partial charge in [-0.05, 0) is 27.5 Å². The van der Waals surface area contributed by atoms with E-state index < -0.39 is 0 Å². The van der Waals surface area contributed by atoms with E-state index in [0.717, 1.165) is 5.56 Å². The van der Waals surface area contributed by atoms with E-state index in [4.69, 9.17) is 11.6 Å². The minimum Gasteiger partial charge on any atom is -0.226 e. The first-order valence-electron chi connectivity index (χ1n) is 3.15. The van der Waals surface area contributed by atoms with E-state index in [0.29, 0.717) is 10.2 Å². The monoisotopic (exact) mass is 244 g/mol. The zero-order valence-electron chi connectivity index (χ0n) is 6.22. The average Bonchev–Trinajstić information content (AvgIpc) is 2.04. The van der Waals surface area contributed by atoms with E-state index in [9.17, 15) is 0 Å². The number of halogens is 2. The first kappa shape index (κ1) is 9.42. The number of hydrogen-bond acceptors (Lipinski definition) is 2. The Bertz CT molecular complexity index is 336. The fourth-order valence-electron chi connectivity index (χ4n) is 0.736. The molecule has 1 aromatic heterocycles. The van der Waals surface area contributed by atoms with Crippen LogP contribution in [0.15, 0.2) is 19.4 Å². The number of aromatic nitrogens is 2. The van der Waals surface area contributed by atoms with Gasteiger partial charge in [-0.1, -0.05) is 19.2 Å². The molecule has 0 bridgehead atoms. The van der Waals surface area contributed by atoms with Crippen LogP contribution in [0.4, 0.5) is 0 Å². The van der Waals surface area contributed by atoms with Gasteiger partial charge in [0.25, 0.3) is 0 Å². The minimum absolute atomic E-state index is 0.205. The molecule has 62 valence electrons. The van der Waals surface area contributed by atoms with Gasteiger partial charge in [0, 0.05) is 16.2 Å². The maximum atomic E-state index is 5.60. The summed E-state index contributed by atoms with van der Waals surface area (Å²) < 4.78 is 0.668. The topological polar surface area (TPSA) is 25.8 Å². The summed E-state index contributed by atoms with van der Waals surface area (Å²) in [7, 11) is 0. The number of rotatable bonds is 2. The van der Waals surface area contributed by atoms with Gasteiger partial charge in [-0.3, -0.25) is 0 Å². The Kier molecular flexibility index (Phi) is 3.00. The molecule has 0 N–H and O–H groups in total. The van der Waals surface area contributed by atoms with Gasteiger partial charge >= 0.3 is 0 Å². The Hall–Kier alpha value is -0.670. The van der Waals surface area contributed by atoms with Crippen molar-refractivity contribution >= 4 is 38.1 Å². The molecule has 4 heteroatoms. The highest BCUT2D eigenvalue weighted by molar-refractivity contribution is 9.15. The molecule has 0 fully saturated rings. The number of nitrogens with zero attached hydrogens (tertiary/aromatic N) is 2. The van der Waals surface area contributed by atoms with Crippen LogP contribution in [0.25, 0.3) is 10.6 Å². The van der Waals surface area contributed by atoms with Crippen molar-refractivity contribution in [2.24, 2.45) is 0 Å². The molecule has 0 radical (unpaired) electrons. The zero-order valence-corrected chi connectivity index (χ0v) is 8.56. The molecule has 12 heavy (non-hydrogen) atoms. The minimum atomic E-state index is 0.205. The molecule has 0 aliphatic rings. The second-order valence-corrected chi connectivity index (χ2v) is 3.35. The normalized spacial score (nSPS) is 9.50. The third-order valence-electron chi connectivity index (χ3n) is 1.26. The highest BCUT2D eigenvalue weighted by atomic mass is 79.9. The zero-order chi connectivity index (χ0) is 9.14. The molecule has 0 aliphatic carbocycles. The van der Waals surface area contributed by atoms with Crippen molar-refractivity contribution in [3.63, 3.8) is 0 Å².